The van der Waals surface area contributed by atoms with Crippen molar-refractivity contribution in [1.82, 2.24) is 5.32 Å². The molecule has 5 heteroatoms. The van der Waals surface area contributed by atoms with Crippen molar-refractivity contribution in [3.63, 3.8) is 0 Å². The Kier molecular flexibility index (Phi) is 7.02. The second-order valence-electron chi connectivity index (χ2n) is 5.02. The van der Waals surface area contributed by atoms with E-state index in [0.29, 0.717) is 30.4 Å². The van der Waals surface area contributed by atoms with Crippen molar-refractivity contribution in [3.8, 4) is 0 Å². The number of aliphatic hydroxyl groups is 1. The van der Waals surface area contributed by atoms with Gasteiger partial charge in [-0.05, 0) is 38.0 Å². The molecular formula is C16H27N3O2. The summed E-state index contributed by atoms with van der Waals surface area (Å²) in [6, 6.07) is 5.68. The van der Waals surface area contributed by atoms with Crippen LogP contribution in [-0.2, 0) is 0 Å². The first-order valence-electron chi connectivity index (χ1n) is 7.64. The van der Waals surface area contributed by atoms with Crippen molar-refractivity contribution in [2.45, 2.75) is 39.7 Å². The fourth-order valence-corrected chi connectivity index (χ4v) is 2.56. The van der Waals surface area contributed by atoms with Crippen LogP contribution in [0.4, 0.5) is 11.4 Å². The number of rotatable bonds is 8. The smallest absolute Gasteiger partial charge is 0.251 e. The van der Waals surface area contributed by atoms with E-state index in [1.807, 2.05) is 13.0 Å². The Morgan fingerprint density at radius 3 is 2.48 bits per heavy atom. The maximum atomic E-state index is 11.8. The Hall–Kier alpha value is -1.75. The molecule has 1 aromatic rings. The minimum Gasteiger partial charge on any atom is -0.397 e. The van der Waals surface area contributed by atoms with E-state index in [2.05, 4.69) is 24.1 Å². The predicted molar refractivity (Wildman–Crippen MR) is 87.7 cm³/mol. The van der Waals surface area contributed by atoms with Crippen LogP contribution in [0, 0.1) is 0 Å². The molecule has 118 valence electrons. The molecule has 0 aromatic heterocycles. The molecule has 0 heterocycles. The van der Waals surface area contributed by atoms with E-state index in [1.54, 1.807) is 12.1 Å². The average Bonchev–Trinajstić information content (AvgIpc) is 2.48. The lowest BCUT2D eigenvalue weighted by Crippen LogP contribution is -2.37. The number of benzene rings is 1. The zero-order chi connectivity index (χ0) is 15.8. The second kappa shape index (κ2) is 8.52. The Balaban J connectivity index is 3.07. The van der Waals surface area contributed by atoms with Crippen LogP contribution >= 0.6 is 0 Å². The summed E-state index contributed by atoms with van der Waals surface area (Å²) in [5, 5.41) is 12.1. The fourth-order valence-electron chi connectivity index (χ4n) is 2.56. The van der Waals surface area contributed by atoms with Crippen LogP contribution in [0.25, 0.3) is 0 Å². The number of nitrogens with two attached hydrogens (primary N) is 1. The molecule has 1 aromatic carbocycles. The van der Waals surface area contributed by atoms with Gasteiger partial charge in [0, 0.05) is 24.7 Å². The summed E-state index contributed by atoms with van der Waals surface area (Å²) in [6.45, 7) is 7.33. The van der Waals surface area contributed by atoms with Crippen molar-refractivity contribution in [3.05, 3.63) is 23.8 Å². The standard InChI is InChI=1S/C16H27N3O2/c1-4-13(5-2)19(9-10-20)15-8-7-12(11-14(15)17)16(21)18-6-3/h7-8,11,13,20H,4-6,9-10,17H2,1-3H3,(H,18,21). The maximum absolute atomic E-state index is 11.8. The molecule has 0 aliphatic rings. The molecule has 5 nitrogen and oxygen atoms in total. The normalized spacial score (nSPS) is 10.7. The third kappa shape index (κ3) is 4.36. The molecule has 0 saturated carbocycles. The van der Waals surface area contributed by atoms with Gasteiger partial charge in [0.05, 0.1) is 18.0 Å². The van der Waals surface area contributed by atoms with Gasteiger partial charge in [0.1, 0.15) is 0 Å². The van der Waals surface area contributed by atoms with E-state index in [1.165, 1.54) is 0 Å². The summed E-state index contributed by atoms with van der Waals surface area (Å²) < 4.78 is 0. The number of hydrogen-bond donors (Lipinski definition) is 3. The number of amides is 1. The predicted octanol–water partition coefficient (Wildman–Crippen LogP) is 2.01. The van der Waals surface area contributed by atoms with Gasteiger partial charge in [-0.25, -0.2) is 0 Å². The molecule has 0 radical (unpaired) electrons. The number of nitrogens with one attached hydrogen (secondary N) is 1. The van der Waals surface area contributed by atoms with Crippen LogP contribution in [0.5, 0.6) is 0 Å². The van der Waals surface area contributed by atoms with E-state index >= 15 is 0 Å². The molecule has 0 bridgehead atoms. The highest BCUT2D eigenvalue weighted by Gasteiger charge is 2.18. The molecule has 0 aliphatic carbocycles. The van der Waals surface area contributed by atoms with Crippen molar-refractivity contribution in [2.24, 2.45) is 0 Å². The number of carbonyl (C=O) groups is 1. The van der Waals surface area contributed by atoms with Crippen molar-refractivity contribution < 1.29 is 9.90 Å². The molecule has 0 unspecified atom stereocenters. The Labute approximate surface area is 127 Å². The molecular weight excluding hydrogens is 266 g/mol. The molecule has 0 saturated heterocycles. The quantitative estimate of drug-likeness (QED) is 0.641. The summed E-state index contributed by atoms with van der Waals surface area (Å²) >= 11 is 0. The zero-order valence-corrected chi connectivity index (χ0v) is 13.2. The van der Waals surface area contributed by atoms with Gasteiger partial charge < -0.3 is 21.1 Å². The second-order valence-corrected chi connectivity index (χ2v) is 5.02. The lowest BCUT2D eigenvalue weighted by atomic mass is 10.1. The lowest BCUT2D eigenvalue weighted by molar-refractivity contribution is 0.0956. The number of anilines is 2. The Morgan fingerprint density at radius 2 is 2.00 bits per heavy atom. The topological polar surface area (TPSA) is 78.6 Å². The van der Waals surface area contributed by atoms with Crippen LogP contribution < -0.4 is 16.0 Å². The van der Waals surface area contributed by atoms with E-state index in [0.717, 1.165) is 18.5 Å². The van der Waals surface area contributed by atoms with Crippen molar-refractivity contribution >= 4 is 17.3 Å². The third-order valence-corrected chi connectivity index (χ3v) is 3.66. The van der Waals surface area contributed by atoms with Gasteiger partial charge in [0.25, 0.3) is 5.91 Å². The summed E-state index contributed by atoms with van der Waals surface area (Å²) in [7, 11) is 0. The first-order chi connectivity index (χ1) is 10.1. The SMILES string of the molecule is CCNC(=O)c1ccc(N(CCO)C(CC)CC)c(N)c1. The number of carbonyl (C=O) groups excluding carboxylic acids is 1. The molecule has 21 heavy (non-hydrogen) atoms. The van der Waals surface area contributed by atoms with Gasteiger partial charge in [-0.3, -0.25) is 4.79 Å². The molecule has 0 aliphatic heterocycles. The number of nitrogens with zero attached hydrogens (tertiary/aromatic N) is 1. The van der Waals surface area contributed by atoms with Gasteiger partial charge in [0.2, 0.25) is 0 Å². The Morgan fingerprint density at radius 1 is 1.33 bits per heavy atom. The maximum Gasteiger partial charge on any atom is 0.251 e. The monoisotopic (exact) mass is 293 g/mol. The molecule has 0 fully saturated rings. The van der Waals surface area contributed by atoms with E-state index < -0.39 is 0 Å². The van der Waals surface area contributed by atoms with Gasteiger partial charge in [-0.1, -0.05) is 13.8 Å². The van der Waals surface area contributed by atoms with E-state index in [4.69, 9.17) is 5.73 Å². The highest BCUT2D eigenvalue weighted by molar-refractivity contribution is 5.96. The summed E-state index contributed by atoms with van der Waals surface area (Å²) in [5.41, 5.74) is 8.14. The minimum absolute atomic E-state index is 0.0774. The highest BCUT2D eigenvalue weighted by atomic mass is 16.3. The number of aliphatic hydroxyl groups excluding tert-OH is 1. The molecule has 0 atom stereocenters. The molecule has 1 rings (SSSR count). The van der Waals surface area contributed by atoms with Crippen molar-refractivity contribution in [1.29, 1.82) is 0 Å². The van der Waals surface area contributed by atoms with Gasteiger partial charge in [0.15, 0.2) is 0 Å². The van der Waals surface area contributed by atoms with Crippen molar-refractivity contribution in [2.75, 3.05) is 30.3 Å². The minimum atomic E-state index is -0.119. The van der Waals surface area contributed by atoms with E-state index in [-0.39, 0.29) is 12.5 Å². The summed E-state index contributed by atoms with van der Waals surface area (Å²) in [4.78, 5) is 14.0. The number of nitrogen functional groups attached to an aromatic ring is 1. The third-order valence-electron chi connectivity index (χ3n) is 3.66. The number of hydrogen-bond acceptors (Lipinski definition) is 4. The van der Waals surface area contributed by atoms with Gasteiger partial charge in [-0.2, -0.15) is 0 Å². The summed E-state index contributed by atoms with van der Waals surface area (Å²) in [6.07, 6.45) is 1.96. The Bertz CT molecular complexity index is 459. The van der Waals surface area contributed by atoms with Crippen LogP contribution in [0.15, 0.2) is 18.2 Å². The molecule has 4 N–H and O–H groups in total. The van der Waals surface area contributed by atoms with Crippen LogP contribution in [0.1, 0.15) is 44.0 Å². The average molecular weight is 293 g/mol. The largest absolute Gasteiger partial charge is 0.397 e. The van der Waals surface area contributed by atoms with Crippen LogP contribution in [-0.4, -0.2) is 36.8 Å². The van der Waals surface area contributed by atoms with Gasteiger partial charge in [-0.15, -0.1) is 0 Å². The highest BCUT2D eigenvalue weighted by Crippen LogP contribution is 2.27. The molecule has 0 spiro atoms. The first-order valence-corrected chi connectivity index (χ1v) is 7.64. The fraction of sp³-hybridized carbons (Fsp3) is 0.562. The molecule has 1 amide bonds. The van der Waals surface area contributed by atoms with Crippen LogP contribution in [0.3, 0.4) is 0 Å². The van der Waals surface area contributed by atoms with Gasteiger partial charge >= 0.3 is 0 Å². The zero-order valence-electron chi connectivity index (χ0n) is 13.2. The first kappa shape index (κ1) is 17.3. The van der Waals surface area contributed by atoms with Crippen LogP contribution in [0.2, 0.25) is 0 Å². The lowest BCUT2D eigenvalue weighted by Gasteiger charge is -2.33. The van der Waals surface area contributed by atoms with E-state index in [9.17, 15) is 9.90 Å². The summed E-state index contributed by atoms with van der Waals surface area (Å²) in [5.74, 6) is -0.119.